The number of carbonyl (C=O) groups excluding carboxylic acids is 1. The number of hydrogen-bond donors (Lipinski definition) is 0. The quantitative estimate of drug-likeness (QED) is 0.845. The third-order valence-corrected chi connectivity index (χ3v) is 4.11. The first kappa shape index (κ1) is 12.3. The van der Waals surface area contributed by atoms with Crippen molar-refractivity contribution < 1.29 is 4.79 Å². The number of nitrogens with zero attached hydrogens (tertiary/aromatic N) is 4. The monoisotopic (exact) mass is 280 g/mol. The van der Waals surface area contributed by atoms with Crippen LogP contribution in [0.1, 0.15) is 23.2 Å². The Balaban J connectivity index is 1.71. The molecule has 5 heteroatoms. The topological polar surface area (TPSA) is 49.3 Å². The van der Waals surface area contributed by atoms with Gasteiger partial charge in [-0.25, -0.2) is 0 Å². The number of carbonyl (C=O) groups is 1. The number of rotatable bonds is 2. The van der Waals surface area contributed by atoms with E-state index in [1.54, 1.807) is 12.3 Å². The van der Waals surface area contributed by atoms with E-state index in [9.17, 15) is 4.79 Å². The third kappa shape index (κ3) is 2.14. The fourth-order valence-corrected chi connectivity index (χ4v) is 2.93. The lowest BCUT2D eigenvalue weighted by Gasteiger charge is -2.38. The van der Waals surface area contributed by atoms with E-state index in [2.05, 4.69) is 21.2 Å². The van der Waals surface area contributed by atoms with Crippen molar-refractivity contribution in [2.24, 2.45) is 0 Å². The zero-order valence-corrected chi connectivity index (χ0v) is 11.6. The third-order valence-electron chi connectivity index (χ3n) is 4.11. The van der Waals surface area contributed by atoms with Crippen molar-refractivity contribution in [3.8, 4) is 0 Å². The molecule has 1 aliphatic carbocycles. The maximum Gasteiger partial charge on any atom is 0.260 e. The Morgan fingerprint density at radius 2 is 1.86 bits per heavy atom. The van der Waals surface area contributed by atoms with Gasteiger partial charge in [-0.05, 0) is 31.0 Å². The molecule has 1 aromatic heterocycles. The minimum Gasteiger partial charge on any atom is -0.365 e. The molecule has 1 aliphatic heterocycles. The lowest BCUT2D eigenvalue weighted by Crippen LogP contribution is -2.45. The Morgan fingerprint density at radius 3 is 2.57 bits per heavy atom. The highest BCUT2D eigenvalue weighted by Gasteiger charge is 2.35. The average molecular weight is 280 g/mol. The van der Waals surface area contributed by atoms with Crippen LogP contribution < -0.4 is 9.80 Å². The molecule has 0 saturated heterocycles. The molecule has 0 unspecified atom stereocenters. The van der Waals surface area contributed by atoms with Gasteiger partial charge in [0, 0.05) is 19.1 Å². The molecule has 0 bridgehead atoms. The van der Waals surface area contributed by atoms with Crippen LogP contribution in [0.2, 0.25) is 0 Å². The number of anilines is 2. The molecule has 1 saturated carbocycles. The molecular weight excluding hydrogens is 264 g/mol. The average Bonchev–Trinajstić information content (AvgIpc) is 3.39. The van der Waals surface area contributed by atoms with Gasteiger partial charge in [0.1, 0.15) is 0 Å². The van der Waals surface area contributed by atoms with Crippen LogP contribution in [0.25, 0.3) is 0 Å². The summed E-state index contributed by atoms with van der Waals surface area (Å²) in [5, 5.41) is 7.53. The van der Waals surface area contributed by atoms with Crippen molar-refractivity contribution in [1.29, 1.82) is 0 Å². The van der Waals surface area contributed by atoms with E-state index in [1.807, 2.05) is 23.1 Å². The van der Waals surface area contributed by atoms with Gasteiger partial charge in [-0.15, -0.1) is 0 Å². The maximum atomic E-state index is 12.7. The molecule has 1 fully saturated rings. The molecule has 2 aliphatic rings. The number of fused-ring (bicyclic) bond motifs is 1. The van der Waals surface area contributed by atoms with E-state index in [4.69, 9.17) is 0 Å². The van der Waals surface area contributed by atoms with Crippen LogP contribution >= 0.6 is 0 Å². The first-order chi connectivity index (χ1) is 10.3. The molecule has 0 N–H and O–H groups in total. The van der Waals surface area contributed by atoms with Crippen molar-refractivity contribution in [1.82, 2.24) is 10.2 Å². The van der Waals surface area contributed by atoms with Crippen molar-refractivity contribution in [3.63, 3.8) is 0 Å². The second-order valence-corrected chi connectivity index (χ2v) is 5.50. The number of para-hydroxylation sites is 2. The molecule has 1 aromatic carbocycles. The summed E-state index contributed by atoms with van der Waals surface area (Å²) >= 11 is 0. The predicted molar refractivity (Wildman–Crippen MR) is 80.5 cm³/mol. The van der Waals surface area contributed by atoms with Gasteiger partial charge >= 0.3 is 0 Å². The summed E-state index contributed by atoms with van der Waals surface area (Å²) in [5.41, 5.74) is 2.75. The van der Waals surface area contributed by atoms with Crippen LogP contribution in [0.5, 0.6) is 0 Å². The van der Waals surface area contributed by atoms with E-state index in [-0.39, 0.29) is 5.91 Å². The number of hydrogen-bond acceptors (Lipinski definition) is 4. The van der Waals surface area contributed by atoms with E-state index in [0.717, 1.165) is 12.2 Å². The molecule has 0 radical (unpaired) electrons. The minimum atomic E-state index is -0.00667. The zero-order valence-electron chi connectivity index (χ0n) is 11.6. The predicted octanol–water partition coefficient (Wildman–Crippen LogP) is 2.11. The summed E-state index contributed by atoms with van der Waals surface area (Å²) in [7, 11) is 0. The van der Waals surface area contributed by atoms with Crippen molar-refractivity contribution >= 4 is 17.3 Å². The minimum absolute atomic E-state index is 0.00667. The van der Waals surface area contributed by atoms with Gasteiger partial charge in [0.15, 0.2) is 0 Å². The van der Waals surface area contributed by atoms with Crippen LogP contribution in [0.4, 0.5) is 11.4 Å². The molecule has 1 amide bonds. The van der Waals surface area contributed by atoms with Gasteiger partial charge < -0.3 is 9.80 Å². The highest BCUT2D eigenvalue weighted by atomic mass is 16.2. The fraction of sp³-hybridized carbons (Fsp3) is 0.312. The molecule has 2 heterocycles. The lowest BCUT2D eigenvalue weighted by atomic mass is 10.1. The highest BCUT2D eigenvalue weighted by Crippen LogP contribution is 2.40. The Kier molecular flexibility index (Phi) is 2.84. The summed E-state index contributed by atoms with van der Waals surface area (Å²) in [4.78, 5) is 17.0. The summed E-state index contributed by atoms with van der Waals surface area (Å²) < 4.78 is 0. The molecule has 0 atom stereocenters. The maximum absolute atomic E-state index is 12.7. The fourth-order valence-electron chi connectivity index (χ4n) is 2.93. The lowest BCUT2D eigenvalue weighted by molar-refractivity contribution is 0.0986. The van der Waals surface area contributed by atoms with Crippen molar-refractivity contribution in [3.05, 3.63) is 48.3 Å². The van der Waals surface area contributed by atoms with E-state index < -0.39 is 0 Å². The second-order valence-electron chi connectivity index (χ2n) is 5.50. The summed E-state index contributed by atoms with van der Waals surface area (Å²) in [6.07, 6.45) is 5.60. The number of benzene rings is 1. The SMILES string of the molecule is O=C(c1ccnnc1)N1CCN(C2CC2)c2ccccc21. The first-order valence-corrected chi connectivity index (χ1v) is 7.29. The van der Waals surface area contributed by atoms with Gasteiger partial charge in [0.05, 0.1) is 29.3 Å². The van der Waals surface area contributed by atoms with E-state index >= 15 is 0 Å². The van der Waals surface area contributed by atoms with Crippen LogP contribution in [-0.2, 0) is 0 Å². The van der Waals surface area contributed by atoms with E-state index in [1.165, 1.54) is 24.7 Å². The normalized spacial score (nSPS) is 17.5. The van der Waals surface area contributed by atoms with Gasteiger partial charge in [-0.3, -0.25) is 4.79 Å². The smallest absolute Gasteiger partial charge is 0.260 e. The highest BCUT2D eigenvalue weighted by molar-refractivity contribution is 6.08. The van der Waals surface area contributed by atoms with Crippen molar-refractivity contribution in [2.45, 2.75) is 18.9 Å². The molecule has 2 aromatic rings. The summed E-state index contributed by atoms with van der Waals surface area (Å²) in [5.74, 6) is -0.00667. The van der Waals surface area contributed by atoms with Gasteiger partial charge in [0.25, 0.3) is 5.91 Å². The summed E-state index contributed by atoms with van der Waals surface area (Å²) in [6, 6.07) is 10.5. The van der Waals surface area contributed by atoms with Crippen LogP contribution in [-0.4, -0.2) is 35.2 Å². The van der Waals surface area contributed by atoms with Crippen LogP contribution in [0, 0.1) is 0 Å². The Morgan fingerprint density at radius 1 is 1.05 bits per heavy atom. The molecule has 5 nitrogen and oxygen atoms in total. The molecular formula is C16H16N4O. The first-order valence-electron chi connectivity index (χ1n) is 7.29. The second kappa shape index (κ2) is 4.84. The molecule has 0 spiro atoms. The molecule has 106 valence electrons. The number of amides is 1. The van der Waals surface area contributed by atoms with Crippen LogP contribution in [0.3, 0.4) is 0 Å². The number of aromatic nitrogens is 2. The van der Waals surface area contributed by atoms with Crippen LogP contribution in [0.15, 0.2) is 42.7 Å². The standard InChI is InChI=1S/C16H16N4O/c21-16(12-7-8-17-18-11-12)20-10-9-19(13-5-6-13)14-3-1-2-4-15(14)20/h1-4,7-8,11,13H,5-6,9-10H2. The Hall–Kier alpha value is -2.43. The Bertz CT molecular complexity index is 669. The largest absolute Gasteiger partial charge is 0.365 e. The molecule has 4 rings (SSSR count). The van der Waals surface area contributed by atoms with Gasteiger partial charge in [-0.2, -0.15) is 10.2 Å². The van der Waals surface area contributed by atoms with Gasteiger partial charge in [-0.1, -0.05) is 12.1 Å². The Labute approximate surface area is 123 Å². The van der Waals surface area contributed by atoms with Crippen molar-refractivity contribution in [2.75, 3.05) is 22.9 Å². The summed E-state index contributed by atoms with van der Waals surface area (Å²) in [6.45, 7) is 1.61. The van der Waals surface area contributed by atoms with E-state index in [0.29, 0.717) is 18.2 Å². The zero-order chi connectivity index (χ0) is 14.2. The molecule has 21 heavy (non-hydrogen) atoms. The van der Waals surface area contributed by atoms with Gasteiger partial charge in [0.2, 0.25) is 0 Å².